The third-order valence-corrected chi connectivity index (χ3v) is 2.42. The van der Waals surface area contributed by atoms with Crippen LogP contribution in [-0.4, -0.2) is 39.9 Å². The fraction of sp³-hybridized carbons (Fsp3) is 0.875. The molecule has 1 aromatic heterocycles. The average molecular weight is 197 g/mol. The molecule has 1 aromatic rings. The fourth-order valence-corrected chi connectivity index (χ4v) is 1.56. The van der Waals surface area contributed by atoms with Gasteiger partial charge < -0.3 is 10.1 Å². The van der Waals surface area contributed by atoms with E-state index in [9.17, 15) is 0 Å². The quantitative estimate of drug-likeness (QED) is 0.712. The van der Waals surface area contributed by atoms with Gasteiger partial charge in [0.1, 0.15) is 0 Å². The van der Waals surface area contributed by atoms with E-state index in [2.05, 4.69) is 25.9 Å². The molecule has 2 heterocycles. The summed E-state index contributed by atoms with van der Waals surface area (Å²) in [6.07, 6.45) is 2.67. The van der Waals surface area contributed by atoms with Gasteiger partial charge in [-0.2, -0.15) is 5.21 Å². The Morgan fingerprint density at radius 2 is 2.64 bits per heavy atom. The summed E-state index contributed by atoms with van der Waals surface area (Å²) in [5, 5.41) is 17.1. The predicted molar refractivity (Wildman–Crippen MR) is 49.6 cm³/mol. The molecule has 0 bridgehead atoms. The zero-order chi connectivity index (χ0) is 9.80. The number of hydrogen-bond acceptors (Lipinski definition) is 5. The second-order valence-electron chi connectivity index (χ2n) is 3.53. The van der Waals surface area contributed by atoms with Crippen molar-refractivity contribution in [3.05, 3.63) is 5.82 Å². The van der Waals surface area contributed by atoms with Gasteiger partial charge >= 0.3 is 0 Å². The first-order valence-electron chi connectivity index (χ1n) is 4.94. The fourth-order valence-electron chi connectivity index (χ4n) is 1.56. The van der Waals surface area contributed by atoms with E-state index in [4.69, 9.17) is 4.74 Å². The van der Waals surface area contributed by atoms with Crippen LogP contribution < -0.4 is 5.32 Å². The van der Waals surface area contributed by atoms with Crippen LogP contribution in [0.2, 0.25) is 0 Å². The molecule has 2 atom stereocenters. The van der Waals surface area contributed by atoms with Crippen LogP contribution in [0.4, 0.5) is 0 Å². The molecular weight excluding hydrogens is 182 g/mol. The number of tetrazole rings is 1. The summed E-state index contributed by atoms with van der Waals surface area (Å²) in [6, 6.07) is 0.123. The van der Waals surface area contributed by atoms with Crippen LogP contribution >= 0.6 is 0 Å². The van der Waals surface area contributed by atoms with Gasteiger partial charge in [0.2, 0.25) is 0 Å². The van der Waals surface area contributed by atoms with E-state index in [1.807, 2.05) is 6.92 Å². The number of rotatable bonds is 4. The molecule has 0 aliphatic carbocycles. The van der Waals surface area contributed by atoms with Gasteiger partial charge in [-0.3, -0.25) is 0 Å². The lowest BCUT2D eigenvalue weighted by Crippen LogP contribution is -2.29. The molecule has 2 rings (SSSR count). The third-order valence-electron chi connectivity index (χ3n) is 2.42. The topological polar surface area (TPSA) is 75.7 Å². The molecule has 6 nitrogen and oxygen atoms in total. The SMILES string of the molecule is CC(NCC1CCCO1)c1nn[nH]n1. The van der Waals surface area contributed by atoms with Gasteiger partial charge in [-0.15, -0.1) is 10.2 Å². The normalized spacial score (nSPS) is 23.9. The van der Waals surface area contributed by atoms with E-state index in [0.717, 1.165) is 19.6 Å². The first-order chi connectivity index (χ1) is 6.86. The molecule has 0 saturated carbocycles. The van der Waals surface area contributed by atoms with Crippen molar-refractivity contribution in [3.63, 3.8) is 0 Å². The van der Waals surface area contributed by atoms with Crippen LogP contribution in [-0.2, 0) is 4.74 Å². The Kier molecular flexibility index (Phi) is 3.05. The summed E-state index contributed by atoms with van der Waals surface area (Å²) >= 11 is 0. The Labute approximate surface area is 82.4 Å². The molecule has 78 valence electrons. The van der Waals surface area contributed by atoms with E-state index in [-0.39, 0.29) is 6.04 Å². The number of nitrogens with zero attached hydrogens (tertiary/aromatic N) is 3. The number of ether oxygens (including phenoxy) is 1. The minimum absolute atomic E-state index is 0.123. The molecule has 1 saturated heterocycles. The summed E-state index contributed by atoms with van der Waals surface area (Å²) in [5.74, 6) is 0.697. The highest BCUT2D eigenvalue weighted by Gasteiger charge is 2.17. The van der Waals surface area contributed by atoms with Gasteiger partial charge in [0.15, 0.2) is 5.82 Å². The van der Waals surface area contributed by atoms with Gasteiger partial charge in [0.25, 0.3) is 0 Å². The highest BCUT2D eigenvalue weighted by molar-refractivity contribution is 4.86. The maximum absolute atomic E-state index is 5.49. The summed E-state index contributed by atoms with van der Waals surface area (Å²) in [5.41, 5.74) is 0. The molecule has 0 amide bonds. The molecule has 1 aliphatic rings. The Balaban J connectivity index is 1.74. The summed E-state index contributed by atoms with van der Waals surface area (Å²) in [4.78, 5) is 0. The van der Waals surface area contributed by atoms with Crippen molar-refractivity contribution in [2.24, 2.45) is 0 Å². The third kappa shape index (κ3) is 2.27. The zero-order valence-electron chi connectivity index (χ0n) is 8.23. The van der Waals surface area contributed by atoms with E-state index >= 15 is 0 Å². The molecule has 0 aromatic carbocycles. The highest BCUT2D eigenvalue weighted by atomic mass is 16.5. The maximum Gasteiger partial charge on any atom is 0.191 e. The molecule has 1 fully saturated rings. The smallest absolute Gasteiger partial charge is 0.191 e. The predicted octanol–water partition coefficient (Wildman–Crippen LogP) is 0.0293. The summed E-state index contributed by atoms with van der Waals surface area (Å²) in [6.45, 7) is 3.76. The Bertz CT molecular complexity index is 257. The number of aromatic amines is 1. The molecule has 6 heteroatoms. The second kappa shape index (κ2) is 4.47. The van der Waals surface area contributed by atoms with Gasteiger partial charge in [0.05, 0.1) is 12.1 Å². The standard InChI is InChI=1S/C8H15N5O/c1-6(8-10-12-13-11-8)9-5-7-3-2-4-14-7/h6-7,9H,2-5H2,1H3,(H,10,11,12,13). The van der Waals surface area contributed by atoms with Crippen molar-refractivity contribution in [2.45, 2.75) is 31.9 Å². The molecule has 1 aliphatic heterocycles. The van der Waals surface area contributed by atoms with Crippen molar-refractivity contribution in [3.8, 4) is 0 Å². The van der Waals surface area contributed by atoms with Crippen molar-refractivity contribution < 1.29 is 4.74 Å². The number of nitrogens with one attached hydrogen (secondary N) is 2. The van der Waals surface area contributed by atoms with Gasteiger partial charge in [0, 0.05) is 13.2 Å². The molecule has 0 radical (unpaired) electrons. The van der Waals surface area contributed by atoms with Gasteiger partial charge in [-0.25, -0.2) is 0 Å². The van der Waals surface area contributed by atoms with Crippen molar-refractivity contribution in [1.29, 1.82) is 0 Å². The van der Waals surface area contributed by atoms with E-state index < -0.39 is 0 Å². The largest absolute Gasteiger partial charge is 0.377 e. The molecule has 0 spiro atoms. The lowest BCUT2D eigenvalue weighted by Gasteiger charge is -2.13. The van der Waals surface area contributed by atoms with E-state index in [1.165, 1.54) is 6.42 Å². The maximum atomic E-state index is 5.49. The summed E-state index contributed by atoms with van der Waals surface area (Å²) < 4.78 is 5.49. The lowest BCUT2D eigenvalue weighted by atomic mass is 10.2. The van der Waals surface area contributed by atoms with Crippen molar-refractivity contribution in [2.75, 3.05) is 13.2 Å². The van der Waals surface area contributed by atoms with Crippen LogP contribution in [0.1, 0.15) is 31.6 Å². The number of hydrogen-bond donors (Lipinski definition) is 2. The Morgan fingerprint density at radius 3 is 3.29 bits per heavy atom. The zero-order valence-corrected chi connectivity index (χ0v) is 8.23. The Morgan fingerprint density at radius 1 is 1.71 bits per heavy atom. The van der Waals surface area contributed by atoms with E-state index in [0.29, 0.717) is 11.9 Å². The minimum Gasteiger partial charge on any atom is -0.377 e. The minimum atomic E-state index is 0.123. The highest BCUT2D eigenvalue weighted by Crippen LogP contribution is 2.12. The van der Waals surface area contributed by atoms with E-state index in [1.54, 1.807) is 0 Å². The monoisotopic (exact) mass is 197 g/mol. The molecule has 2 N–H and O–H groups in total. The summed E-state index contributed by atoms with van der Waals surface area (Å²) in [7, 11) is 0. The van der Waals surface area contributed by atoms with Crippen LogP contribution in [0.25, 0.3) is 0 Å². The molecular formula is C8H15N5O. The number of H-pyrrole nitrogens is 1. The molecule has 2 unspecified atom stereocenters. The van der Waals surface area contributed by atoms with Crippen molar-refractivity contribution in [1.82, 2.24) is 25.9 Å². The second-order valence-corrected chi connectivity index (χ2v) is 3.53. The van der Waals surface area contributed by atoms with Crippen molar-refractivity contribution >= 4 is 0 Å². The lowest BCUT2D eigenvalue weighted by molar-refractivity contribution is 0.107. The van der Waals surface area contributed by atoms with Crippen LogP contribution in [0.5, 0.6) is 0 Å². The van der Waals surface area contributed by atoms with Crippen LogP contribution in [0.3, 0.4) is 0 Å². The van der Waals surface area contributed by atoms with Gasteiger partial charge in [-0.05, 0) is 19.8 Å². The Hall–Kier alpha value is -1.01. The first-order valence-corrected chi connectivity index (χ1v) is 4.94. The van der Waals surface area contributed by atoms with Crippen LogP contribution in [0, 0.1) is 0 Å². The average Bonchev–Trinajstić information content (AvgIpc) is 2.87. The first kappa shape index (κ1) is 9.54. The number of aromatic nitrogens is 4. The van der Waals surface area contributed by atoms with Gasteiger partial charge in [-0.1, -0.05) is 5.21 Å². The molecule has 14 heavy (non-hydrogen) atoms. The van der Waals surface area contributed by atoms with Crippen LogP contribution in [0.15, 0.2) is 0 Å².